The van der Waals surface area contributed by atoms with E-state index in [4.69, 9.17) is 4.74 Å². The molecule has 1 fully saturated rings. The summed E-state index contributed by atoms with van der Waals surface area (Å²) in [6.45, 7) is 4.28. The summed E-state index contributed by atoms with van der Waals surface area (Å²) < 4.78 is 33.6. The first-order valence-corrected chi connectivity index (χ1v) is 11.4. The minimum atomic E-state index is -0.974. The average molecular weight is 411 g/mol. The van der Waals surface area contributed by atoms with Crippen LogP contribution < -0.4 is 4.74 Å². The normalized spacial score (nSPS) is 18.5. The average Bonchev–Trinajstić information content (AvgIpc) is 2.77. The molecule has 0 amide bonds. The van der Waals surface area contributed by atoms with Gasteiger partial charge < -0.3 is 4.74 Å². The van der Waals surface area contributed by atoms with Crippen molar-refractivity contribution in [3.05, 3.63) is 64.7 Å². The zero-order chi connectivity index (χ0) is 21.3. The van der Waals surface area contributed by atoms with E-state index >= 15 is 0 Å². The molecule has 160 valence electrons. The Morgan fingerprint density at radius 3 is 2.33 bits per heavy atom. The van der Waals surface area contributed by atoms with Crippen molar-refractivity contribution in [2.24, 2.45) is 5.92 Å². The number of ether oxygens (including phenoxy) is 1. The predicted molar refractivity (Wildman–Crippen MR) is 119 cm³/mol. The Morgan fingerprint density at radius 2 is 1.60 bits per heavy atom. The van der Waals surface area contributed by atoms with Gasteiger partial charge in [-0.15, -0.1) is 0 Å². The van der Waals surface area contributed by atoms with Gasteiger partial charge >= 0.3 is 0 Å². The Balaban J connectivity index is 1.73. The van der Waals surface area contributed by atoms with Crippen LogP contribution in [0.4, 0.5) is 8.78 Å². The molecule has 0 heterocycles. The third-order valence-electron chi connectivity index (χ3n) is 6.14. The van der Waals surface area contributed by atoms with E-state index in [2.05, 4.69) is 24.8 Å². The Morgan fingerprint density at radius 1 is 0.867 bits per heavy atom. The monoisotopic (exact) mass is 410 g/mol. The molecule has 1 aliphatic rings. The van der Waals surface area contributed by atoms with E-state index in [-0.39, 0.29) is 17.9 Å². The van der Waals surface area contributed by atoms with Crippen molar-refractivity contribution in [2.45, 2.75) is 71.1 Å². The number of benzene rings is 2. The lowest BCUT2D eigenvalue weighted by molar-refractivity contribution is 0.302. The van der Waals surface area contributed by atoms with Crippen molar-refractivity contribution < 1.29 is 13.5 Å². The van der Waals surface area contributed by atoms with E-state index in [1.807, 2.05) is 18.2 Å². The first-order valence-electron chi connectivity index (χ1n) is 11.4. The molecule has 3 heteroatoms. The minimum absolute atomic E-state index is 0.0605. The molecule has 0 N–H and O–H groups in total. The van der Waals surface area contributed by atoms with Gasteiger partial charge in [0, 0.05) is 5.56 Å². The van der Waals surface area contributed by atoms with Crippen LogP contribution >= 0.6 is 0 Å². The number of hydrogen-bond donors (Lipinski definition) is 0. The lowest BCUT2D eigenvalue weighted by Crippen LogP contribution is -2.14. The zero-order valence-electron chi connectivity index (χ0n) is 18.1. The fourth-order valence-corrected chi connectivity index (χ4v) is 4.44. The van der Waals surface area contributed by atoms with Crippen molar-refractivity contribution in [1.29, 1.82) is 0 Å². The first-order chi connectivity index (χ1) is 14.6. The van der Waals surface area contributed by atoms with Crippen LogP contribution in [0.1, 0.15) is 87.8 Å². The molecule has 1 nitrogen and oxygen atoms in total. The second-order valence-corrected chi connectivity index (χ2v) is 8.22. The SMILES string of the molecule is CCCCCC1CCC(c2ccccc2C#Cc2ccc(OCC)c(F)c2F)CC1. The number of unbranched alkanes of at least 4 members (excludes halogenated alkanes) is 2. The molecule has 0 radical (unpaired) electrons. The maximum atomic E-state index is 14.4. The van der Waals surface area contributed by atoms with E-state index in [1.54, 1.807) is 6.92 Å². The third-order valence-corrected chi connectivity index (χ3v) is 6.14. The molecule has 0 bridgehead atoms. The second kappa shape index (κ2) is 11.2. The Labute approximate surface area is 179 Å². The van der Waals surface area contributed by atoms with Gasteiger partial charge in [-0.1, -0.05) is 62.6 Å². The van der Waals surface area contributed by atoms with Crippen molar-refractivity contribution in [3.63, 3.8) is 0 Å². The highest BCUT2D eigenvalue weighted by atomic mass is 19.2. The van der Waals surface area contributed by atoms with Gasteiger partial charge in [-0.05, 0) is 68.2 Å². The van der Waals surface area contributed by atoms with Crippen LogP contribution in [0.15, 0.2) is 36.4 Å². The summed E-state index contributed by atoms with van der Waals surface area (Å²) in [6.07, 6.45) is 10.2. The van der Waals surface area contributed by atoms with Gasteiger partial charge in [0.25, 0.3) is 0 Å². The maximum Gasteiger partial charge on any atom is 0.201 e. The lowest BCUT2D eigenvalue weighted by Gasteiger charge is -2.29. The van der Waals surface area contributed by atoms with E-state index in [0.717, 1.165) is 11.5 Å². The summed E-state index contributed by atoms with van der Waals surface area (Å²) in [7, 11) is 0. The van der Waals surface area contributed by atoms with Crippen LogP contribution in [0.25, 0.3) is 0 Å². The molecule has 0 spiro atoms. The summed E-state index contributed by atoms with van der Waals surface area (Å²) in [5.41, 5.74) is 2.22. The number of hydrogen-bond acceptors (Lipinski definition) is 1. The molecule has 0 atom stereocenters. The van der Waals surface area contributed by atoms with Gasteiger partial charge in [-0.2, -0.15) is 4.39 Å². The van der Waals surface area contributed by atoms with Crippen LogP contribution in [0.5, 0.6) is 5.75 Å². The summed E-state index contributed by atoms with van der Waals surface area (Å²) in [6, 6.07) is 11.1. The highest BCUT2D eigenvalue weighted by Crippen LogP contribution is 2.38. The predicted octanol–water partition coefficient (Wildman–Crippen LogP) is 7.62. The molecule has 0 aromatic heterocycles. The molecule has 3 rings (SSSR count). The van der Waals surface area contributed by atoms with E-state index in [1.165, 1.54) is 69.1 Å². The van der Waals surface area contributed by atoms with Crippen LogP contribution in [0.3, 0.4) is 0 Å². The fourth-order valence-electron chi connectivity index (χ4n) is 4.44. The van der Waals surface area contributed by atoms with E-state index in [9.17, 15) is 8.78 Å². The molecular formula is C27H32F2O. The highest BCUT2D eigenvalue weighted by molar-refractivity contribution is 5.49. The maximum absolute atomic E-state index is 14.4. The van der Waals surface area contributed by atoms with Gasteiger partial charge in [-0.25, -0.2) is 4.39 Å². The van der Waals surface area contributed by atoms with Crippen LogP contribution in [-0.4, -0.2) is 6.61 Å². The van der Waals surface area contributed by atoms with Crippen molar-refractivity contribution in [2.75, 3.05) is 6.61 Å². The molecule has 2 aromatic rings. The molecule has 1 aliphatic carbocycles. The molecule has 2 aromatic carbocycles. The van der Waals surface area contributed by atoms with Gasteiger partial charge in [0.15, 0.2) is 11.6 Å². The quantitative estimate of drug-likeness (QED) is 0.337. The number of rotatable bonds is 7. The summed E-state index contributed by atoms with van der Waals surface area (Å²) in [5.74, 6) is 5.30. The van der Waals surface area contributed by atoms with E-state index in [0.29, 0.717) is 5.92 Å². The highest BCUT2D eigenvalue weighted by Gasteiger charge is 2.23. The fraction of sp³-hybridized carbons (Fsp3) is 0.481. The lowest BCUT2D eigenvalue weighted by atomic mass is 9.76. The molecule has 0 saturated heterocycles. The van der Waals surface area contributed by atoms with Crippen molar-refractivity contribution in [3.8, 4) is 17.6 Å². The van der Waals surface area contributed by atoms with Crippen molar-refractivity contribution >= 4 is 0 Å². The van der Waals surface area contributed by atoms with Gasteiger partial charge in [0.2, 0.25) is 5.82 Å². The zero-order valence-corrected chi connectivity index (χ0v) is 18.1. The molecule has 0 aliphatic heterocycles. The third kappa shape index (κ3) is 5.63. The molecule has 1 saturated carbocycles. The Bertz CT molecular complexity index is 885. The Hall–Kier alpha value is -2.34. The van der Waals surface area contributed by atoms with Crippen LogP contribution in [-0.2, 0) is 0 Å². The summed E-state index contributed by atoms with van der Waals surface area (Å²) in [4.78, 5) is 0. The second-order valence-electron chi connectivity index (χ2n) is 8.22. The van der Waals surface area contributed by atoms with Crippen LogP contribution in [0.2, 0.25) is 0 Å². The molecule has 0 unspecified atom stereocenters. The van der Waals surface area contributed by atoms with Gasteiger partial charge in [-0.3, -0.25) is 0 Å². The van der Waals surface area contributed by atoms with Crippen molar-refractivity contribution in [1.82, 2.24) is 0 Å². The smallest absolute Gasteiger partial charge is 0.201 e. The molecule has 30 heavy (non-hydrogen) atoms. The van der Waals surface area contributed by atoms with Gasteiger partial charge in [0.05, 0.1) is 12.2 Å². The topological polar surface area (TPSA) is 9.23 Å². The standard InChI is InChI=1S/C27H32F2O/c1-3-5-6-9-20-12-14-22(15-13-20)24-11-8-7-10-21(24)16-17-23-18-19-25(30-4-2)27(29)26(23)28/h7-8,10-11,18-20,22H,3-6,9,12-15H2,1-2H3. The van der Waals surface area contributed by atoms with Gasteiger partial charge in [0.1, 0.15) is 0 Å². The Kier molecular flexibility index (Phi) is 8.31. The minimum Gasteiger partial charge on any atom is -0.491 e. The summed E-state index contributed by atoms with van der Waals surface area (Å²) in [5, 5.41) is 0. The largest absolute Gasteiger partial charge is 0.491 e. The van der Waals surface area contributed by atoms with E-state index < -0.39 is 11.6 Å². The van der Waals surface area contributed by atoms with Crippen LogP contribution in [0, 0.1) is 29.4 Å². The molecular weight excluding hydrogens is 378 g/mol. The summed E-state index contributed by atoms with van der Waals surface area (Å²) >= 11 is 0. The number of halogens is 2. The first kappa shape index (κ1) is 22.3.